The van der Waals surface area contributed by atoms with Crippen LogP contribution in [0.5, 0.6) is 5.75 Å². The molecule has 1 aliphatic carbocycles. The Morgan fingerprint density at radius 2 is 2.36 bits per heavy atom. The first-order valence-electron chi connectivity index (χ1n) is 3.67. The van der Waals surface area contributed by atoms with Crippen molar-refractivity contribution in [3.63, 3.8) is 0 Å². The molecule has 1 N–H and O–H groups in total. The van der Waals surface area contributed by atoms with Crippen molar-refractivity contribution < 1.29 is 9.84 Å². The van der Waals surface area contributed by atoms with Crippen LogP contribution in [0.4, 0.5) is 0 Å². The van der Waals surface area contributed by atoms with Crippen molar-refractivity contribution in [3.8, 4) is 5.75 Å². The topological polar surface area (TPSA) is 29.5 Å². The van der Waals surface area contributed by atoms with Crippen molar-refractivity contribution in [3.05, 3.63) is 29.3 Å². The van der Waals surface area contributed by atoms with E-state index in [1.807, 2.05) is 18.2 Å². The van der Waals surface area contributed by atoms with Gasteiger partial charge in [-0.1, -0.05) is 12.1 Å². The second kappa shape index (κ2) is 2.24. The summed E-state index contributed by atoms with van der Waals surface area (Å²) in [7, 11) is 1.63. The third-order valence-electron chi connectivity index (χ3n) is 2.12. The van der Waals surface area contributed by atoms with Gasteiger partial charge in [-0.15, -0.1) is 0 Å². The summed E-state index contributed by atoms with van der Waals surface area (Å²) < 4.78 is 5.09. The fraction of sp³-hybridized carbons (Fsp3) is 0.333. The SMILES string of the molecule is COc1cccc2c1C(O)C2. The maximum absolute atomic E-state index is 9.33. The quantitative estimate of drug-likeness (QED) is 0.653. The molecule has 0 amide bonds. The van der Waals surface area contributed by atoms with E-state index in [0.717, 1.165) is 17.7 Å². The van der Waals surface area contributed by atoms with E-state index in [-0.39, 0.29) is 6.10 Å². The van der Waals surface area contributed by atoms with E-state index >= 15 is 0 Å². The normalized spacial score (nSPS) is 20.4. The molecule has 0 saturated carbocycles. The molecule has 0 fully saturated rings. The highest BCUT2D eigenvalue weighted by molar-refractivity contribution is 5.48. The smallest absolute Gasteiger partial charge is 0.124 e. The Kier molecular flexibility index (Phi) is 1.36. The van der Waals surface area contributed by atoms with Gasteiger partial charge in [-0.25, -0.2) is 0 Å². The first-order chi connectivity index (χ1) is 5.33. The molecule has 0 saturated heterocycles. The van der Waals surface area contributed by atoms with Gasteiger partial charge in [0.2, 0.25) is 0 Å². The van der Waals surface area contributed by atoms with Gasteiger partial charge in [-0.2, -0.15) is 0 Å². The molecule has 2 nitrogen and oxygen atoms in total. The summed E-state index contributed by atoms with van der Waals surface area (Å²) in [6.45, 7) is 0. The number of ether oxygens (including phenoxy) is 1. The van der Waals surface area contributed by atoms with Crippen LogP contribution >= 0.6 is 0 Å². The van der Waals surface area contributed by atoms with Gasteiger partial charge in [0.05, 0.1) is 13.2 Å². The third kappa shape index (κ3) is 0.828. The molecule has 0 heterocycles. The van der Waals surface area contributed by atoms with Gasteiger partial charge < -0.3 is 9.84 Å². The maximum Gasteiger partial charge on any atom is 0.124 e. The number of fused-ring (bicyclic) bond motifs is 1. The number of methoxy groups -OCH3 is 1. The Bertz CT molecular complexity index is 281. The molecule has 11 heavy (non-hydrogen) atoms. The molecule has 1 aromatic rings. The lowest BCUT2D eigenvalue weighted by molar-refractivity contribution is 0.148. The van der Waals surface area contributed by atoms with Crippen LogP contribution in [0.25, 0.3) is 0 Å². The lowest BCUT2D eigenvalue weighted by Crippen LogP contribution is -2.17. The minimum atomic E-state index is -0.304. The van der Waals surface area contributed by atoms with Gasteiger partial charge >= 0.3 is 0 Å². The fourth-order valence-electron chi connectivity index (χ4n) is 1.50. The minimum absolute atomic E-state index is 0.304. The number of rotatable bonds is 1. The van der Waals surface area contributed by atoms with Crippen LogP contribution in [0, 0.1) is 0 Å². The Morgan fingerprint density at radius 3 is 2.91 bits per heavy atom. The number of benzene rings is 1. The van der Waals surface area contributed by atoms with E-state index in [2.05, 4.69) is 0 Å². The van der Waals surface area contributed by atoms with E-state index in [4.69, 9.17) is 4.74 Å². The lowest BCUT2D eigenvalue weighted by atomic mass is 9.85. The van der Waals surface area contributed by atoms with Crippen LogP contribution in [-0.4, -0.2) is 12.2 Å². The van der Waals surface area contributed by atoms with Gasteiger partial charge in [0.1, 0.15) is 5.75 Å². The van der Waals surface area contributed by atoms with Gasteiger partial charge in [-0.05, 0) is 11.6 Å². The molecule has 0 radical (unpaired) electrons. The van der Waals surface area contributed by atoms with Crippen LogP contribution in [0.3, 0.4) is 0 Å². The van der Waals surface area contributed by atoms with Crippen molar-refractivity contribution in [1.29, 1.82) is 0 Å². The van der Waals surface area contributed by atoms with Crippen LogP contribution in [0.1, 0.15) is 17.2 Å². The van der Waals surface area contributed by atoms with E-state index in [1.165, 1.54) is 5.56 Å². The van der Waals surface area contributed by atoms with Crippen molar-refractivity contribution in [2.24, 2.45) is 0 Å². The van der Waals surface area contributed by atoms with Gasteiger partial charge in [0.25, 0.3) is 0 Å². The molecule has 58 valence electrons. The Hall–Kier alpha value is -1.02. The summed E-state index contributed by atoms with van der Waals surface area (Å²) in [5.74, 6) is 0.807. The standard InChI is InChI=1S/C9H10O2/c1-11-8-4-2-3-6-5-7(10)9(6)8/h2-4,7,10H,5H2,1H3. The van der Waals surface area contributed by atoms with E-state index in [9.17, 15) is 5.11 Å². The highest BCUT2D eigenvalue weighted by Crippen LogP contribution is 2.39. The largest absolute Gasteiger partial charge is 0.496 e. The molecule has 0 aliphatic heterocycles. The number of aliphatic hydroxyl groups excluding tert-OH is 1. The summed E-state index contributed by atoms with van der Waals surface area (Å²) in [5, 5.41) is 9.33. The number of aliphatic hydroxyl groups is 1. The van der Waals surface area contributed by atoms with E-state index < -0.39 is 0 Å². The molecular weight excluding hydrogens is 140 g/mol. The van der Waals surface area contributed by atoms with Crippen molar-refractivity contribution in [1.82, 2.24) is 0 Å². The molecule has 1 atom stereocenters. The van der Waals surface area contributed by atoms with Crippen LogP contribution in [0.2, 0.25) is 0 Å². The summed E-state index contributed by atoms with van der Waals surface area (Å²) >= 11 is 0. The summed E-state index contributed by atoms with van der Waals surface area (Å²) in [5.41, 5.74) is 2.17. The zero-order valence-corrected chi connectivity index (χ0v) is 6.37. The molecule has 0 aromatic heterocycles. The minimum Gasteiger partial charge on any atom is -0.496 e. The summed E-state index contributed by atoms with van der Waals surface area (Å²) in [6.07, 6.45) is 0.466. The van der Waals surface area contributed by atoms with Crippen LogP contribution in [-0.2, 0) is 6.42 Å². The highest BCUT2D eigenvalue weighted by Gasteiger charge is 2.27. The molecule has 0 bridgehead atoms. The molecule has 2 rings (SSSR count). The lowest BCUT2D eigenvalue weighted by Gasteiger charge is -2.27. The molecule has 1 unspecified atom stereocenters. The predicted molar refractivity (Wildman–Crippen MR) is 41.7 cm³/mol. The summed E-state index contributed by atoms with van der Waals surface area (Å²) in [4.78, 5) is 0. The van der Waals surface area contributed by atoms with Crippen molar-refractivity contribution in [2.45, 2.75) is 12.5 Å². The Morgan fingerprint density at radius 1 is 1.55 bits per heavy atom. The molecule has 1 aromatic carbocycles. The maximum atomic E-state index is 9.33. The zero-order chi connectivity index (χ0) is 7.84. The van der Waals surface area contributed by atoms with Crippen molar-refractivity contribution in [2.75, 3.05) is 7.11 Å². The molecule has 2 heteroatoms. The first kappa shape index (κ1) is 6.68. The average molecular weight is 150 g/mol. The Balaban J connectivity index is 2.50. The van der Waals surface area contributed by atoms with E-state index in [0.29, 0.717) is 0 Å². The van der Waals surface area contributed by atoms with Gasteiger partial charge in [0.15, 0.2) is 0 Å². The summed E-state index contributed by atoms with van der Waals surface area (Å²) in [6, 6.07) is 5.84. The van der Waals surface area contributed by atoms with Crippen LogP contribution in [0.15, 0.2) is 18.2 Å². The zero-order valence-electron chi connectivity index (χ0n) is 6.37. The van der Waals surface area contributed by atoms with Crippen LogP contribution < -0.4 is 4.74 Å². The predicted octanol–water partition coefficient (Wildman–Crippen LogP) is 1.28. The van der Waals surface area contributed by atoms with Crippen molar-refractivity contribution >= 4 is 0 Å². The average Bonchev–Trinajstić information content (AvgIpc) is 2.01. The van der Waals surface area contributed by atoms with Gasteiger partial charge in [0, 0.05) is 12.0 Å². The number of hydrogen-bond donors (Lipinski definition) is 1. The fourth-order valence-corrected chi connectivity index (χ4v) is 1.50. The molecular formula is C9H10O2. The monoisotopic (exact) mass is 150 g/mol. The van der Waals surface area contributed by atoms with E-state index in [1.54, 1.807) is 7.11 Å². The highest BCUT2D eigenvalue weighted by atomic mass is 16.5. The first-order valence-corrected chi connectivity index (χ1v) is 3.67. The second-order valence-electron chi connectivity index (χ2n) is 2.75. The second-order valence-corrected chi connectivity index (χ2v) is 2.75. The Labute approximate surface area is 65.4 Å². The van der Waals surface area contributed by atoms with Gasteiger partial charge in [-0.3, -0.25) is 0 Å². The molecule has 1 aliphatic rings. The molecule has 0 spiro atoms. The third-order valence-corrected chi connectivity index (χ3v) is 2.12. The number of hydrogen-bond acceptors (Lipinski definition) is 2.